The zero-order valence-electron chi connectivity index (χ0n) is 22.1. The largest absolute Gasteiger partial charge is 0.245 e. The molecule has 0 radical (unpaired) electrons. The van der Waals surface area contributed by atoms with E-state index >= 15 is 0 Å². The van der Waals surface area contributed by atoms with E-state index in [-0.39, 0.29) is 23.1 Å². The third kappa shape index (κ3) is 4.93. The maximum Gasteiger partial charge on any atom is 0.0718 e. The molecule has 6 heteroatoms. The molecule has 2 saturated heterocycles. The Kier molecular flexibility index (Phi) is 7.55. The Hall–Kier alpha value is -3.20. The van der Waals surface area contributed by atoms with Gasteiger partial charge in [0.05, 0.1) is 23.1 Å². The zero-order chi connectivity index (χ0) is 26.7. The van der Waals surface area contributed by atoms with Gasteiger partial charge in [0, 0.05) is 0 Å². The van der Waals surface area contributed by atoms with Gasteiger partial charge >= 0.3 is 0 Å². The molecule has 40 heavy (non-hydrogen) atoms. The molecule has 4 N–H and O–H groups in total. The fourth-order valence-electron chi connectivity index (χ4n) is 5.87. The van der Waals surface area contributed by atoms with Crippen LogP contribution >= 0.6 is 15.8 Å². The van der Waals surface area contributed by atoms with Crippen molar-refractivity contribution in [3.8, 4) is 0 Å². The Balaban J connectivity index is 1.39. The average molecular weight is 559 g/mol. The predicted molar refractivity (Wildman–Crippen MR) is 169 cm³/mol. The number of hydrazine groups is 2. The standard InChI is InChI=1S/C34H32N4P2/c1-5-15-25(16-6-1)31-35-36-32(26-17-7-2-8-18-26)39(31)29-23-13-14-24-30(29)40-33(27-19-9-3-10-20-27)37-38-34(40)28-21-11-4-12-22-28/h1-24,31-38H/t31-,32?,33+,34?,39?,40?. The van der Waals surface area contributed by atoms with Crippen LogP contribution in [-0.2, 0) is 0 Å². The molecule has 6 atom stereocenters. The molecule has 0 aromatic heterocycles. The van der Waals surface area contributed by atoms with Crippen molar-refractivity contribution in [1.29, 1.82) is 0 Å². The smallest absolute Gasteiger partial charge is 0.0718 e. The van der Waals surface area contributed by atoms with E-state index in [1.807, 2.05) is 0 Å². The summed E-state index contributed by atoms with van der Waals surface area (Å²) in [6.07, 6.45) is 0. The fraction of sp³-hybridized carbons (Fsp3) is 0.118. The van der Waals surface area contributed by atoms with Gasteiger partial charge in [-0.2, -0.15) is 0 Å². The van der Waals surface area contributed by atoms with Gasteiger partial charge in [0.15, 0.2) is 0 Å². The first-order chi connectivity index (χ1) is 19.9. The Labute approximate surface area is 238 Å². The van der Waals surface area contributed by atoms with Crippen LogP contribution in [-0.4, -0.2) is 0 Å². The van der Waals surface area contributed by atoms with Crippen LogP contribution in [0.2, 0.25) is 0 Å². The van der Waals surface area contributed by atoms with Crippen LogP contribution in [0.5, 0.6) is 0 Å². The minimum absolute atomic E-state index is 0.200. The lowest BCUT2D eigenvalue weighted by molar-refractivity contribution is 0.555. The highest BCUT2D eigenvalue weighted by atomic mass is 31.1. The van der Waals surface area contributed by atoms with Gasteiger partial charge in [0.2, 0.25) is 0 Å². The molecule has 0 bridgehead atoms. The summed E-state index contributed by atoms with van der Waals surface area (Å²) in [5.74, 6) is 0.802. The van der Waals surface area contributed by atoms with Crippen LogP contribution in [0.15, 0.2) is 146 Å². The molecular formula is C34H32N4P2. The fourth-order valence-corrected chi connectivity index (χ4v) is 12.3. The summed E-state index contributed by atoms with van der Waals surface area (Å²) >= 11 is 0. The van der Waals surface area contributed by atoms with Gasteiger partial charge in [-0.3, -0.25) is 0 Å². The first-order valence-electron chi connectivity index (χ1n) is 13.8. The Morgan fingerprint density at radius 3 is 0.775 bits per heavy atom. The molecule has 0 amide bonds. The molecule has 2 fully saturated rings. The van der Waals surface area contributed by atoms with E-state index in [0.29, 0.717) is 0 Å². The maximum absolute atomic E-state index is 3.73. The topological polar surface area (TPSA) is 48.1 Å². The van der Waals surface area contributed by atoms with Gasteiger partial charge in [0.1, 0.15) is 0 Å². The second kappa shape index (κ2) is 11.7. The minimum Gasteiger partial charge on any atom is -0.245 e. The molecule has 2 heterocycles. The van der Waals surface area contributed by atoms with E-state index in [2.05, 4.69) is 167 Å². The van der Waals surface area contributed by atoms with Crippen LogP contribution < -0.4 is 32.3 Å². The molecule has 0 spiro atoms. The van der Waals surface area contributed by atoms with Crippen molar-refractivity contribution in [2.45, 2.75) is 23.1 Å². The maximum atomic E-state index is 3.73. The summed E-state index contributed by atoms with van der Waals surface area (Å²) in [7, 11) is -1.39. The van der Waals surface area contributed by atoms with E-state index in [1.165, 1.54) is 32.9 Å². The molecule has 0 aliphatic carbocycles. The van der Waals surface area contributed by atoms with Gasteiger partial charge in [-0.1, -0.05) is 146 Å². The summed E-state index contributed by atoms with van der Waals surface area (Å²) in [5, 5.41) is 2.94. The first-order valence-corrected chi connectivity index (χ1v) is 16.7. The van der Waals surface area contributed by atoms with Crippen LogP contribution in [0.4, 0.5) is 0 Å². The van der Waals surface area contributed by atoms with Gasteiger partial charge in [-0.15, -0.1) is 0 Å². The van der Waals surface area contributed by atoms with Crippen molar-refractivity contribution in [3.63, 3.8) is 0 Å². The van der Waals surface area contributed by atoms with Crippen molar-refractivity contribution in [2.75, 3.05) is 0 Å². The molecule has 0 saturated carbocycles. The van der Waals surface area contributed by atoms with Crippen molar-refractivity contribution in [2.24, 2.45) is 0 Å². The number of benzene rings is 5. The molecule has 5 aromatic rings. The Bertz CT molecular complexity index is 1320. The molecule has 4 unspecified atom stereocenters. The predicted octanol–water partition coefficient (Wildman–Crippen LogP) is 6.91. The third-order valence-corrected chi connectivity index (χ3v) is 13.7. The van der Waals surface area contributed by atoms with E-state index in [9.17, 15) is 0 Å². The third-order valence-electron chi connectivity index (χ3n) is 7.73. The highest BCUT2D eigenvalue weighted by molar-refractivity contribution is 7.72. The molecule has 4 nitrogen and oxygen atoms in total. The quantitative estimate of drug-likeness (QED) is 0.171. The van der Waals surface area contributed by atoms with Crippen molar-refractivity contribution < 1.29 is 0 Å². The van der Waals surface area contributed by atoms with E-state index < -0.39 is 15.8 Å². The van der Waals surface area contributed by atoms with Crippen LogP contribution in [0.1, 0.15) is 45.4 Å². The molecule has 2 aliphatic rings. The summed E-state index contributed by atoms with van der Waals surface area (Å²) in [6.45, 7) is 0. The monoisotopic (exact) mass is 558 g/mol. The minimum atomic E-state index is -0.694. The van der Waals surface area contributed by atoms with Gasteiger partial charge in [-0.25, -0.2) is 21.7 Å². The first kappa shape index (κ1) is 25.7. The summed E-state index contributed by atoms with van der Waals surface area (Å²) in [5.41, 5.74) is 20.2. The Morgan fingerprint density at radius 1 is 0.300 bits per heavy atom. The van der Waals surface area contributed by atoms with Crippen LogP contribution in [0.25, 0.3) is 0 Å². The number of nitrogens with one attached hydrogen (secondary N) is 4. The van der Waals surface area contributed by atoms with E-state index in [0.717, 1.165) is 0 Å². The average Bonchev–Trinajstić information content (AvgIpc) is 3.68. The van der Waals surface area contributed by atoms with Gasteiger partial charge in [0.25, 0.3) is 0 Å². The molecule has 198 valence electrons. The SMILES string of the molecule is c1ccc(C2NN[C@H](c3ccccc3)P2c2ccccc2P2C(c3ccccc3)NN[C@H]2c2ccccc2)cc1. The normalized spacial score (nSPS) is 26.1. The lowest BCUT2D eigenvalue weighted by Gasteiger charge is -2.32. The van der Waals surface area contributed by atoms with Crippen molar-refractivity contribution in [3.05, 3.63) is 168 Å². The number of hydrogen-bond acceptors (Lipinski definition) is 4. The van der Waals surface area contributed by atoms with E-state index in [4.69, 9.17) is 0 Å². The van der Waals surface area contributed by atoms with Gasteiger partial charge in [-0.05, 0) is 48.7 Å². The van der Waals surface area contributed by atoms with Crippen molar-refractivity contribution >= 4 is 26.5 Å². The van der Waals surface area contributed by atoms with Crippen molar-refractivity contribution in [1.82, 2.24) is 21.7 Å². The highest BCUT2D eigenvalue weighted by Crippen LogP contribution is 2.65. The molecule has 2 aliphatic heterocycles. The van der Waals surface area contributed by atoms with E-state index in [1.54, 1.807) is 0 Å². The summed E-state index contributed by atoms with van der Waals surface area (Å²) in [6, 6.07) is 52.9. The lowest BCUT2D eigenvalue weighted by Crippen LogP contribution is -2.27. The number of hydrogen-bond donors (Lipinski definition) is 4. The summed E-state index contributed by atoms with van der Waals surface area (Å²) in [4.78, 5) is 0. The highest BCUT2D eigenvalue weighted by Gasteiger charge is 2.44. The molecule has 5 aromatic carbocycles. The van der Waals surface area contributed by atoms with Gasteiger partial charge < -0.3 is 0 Å². The Morgan fingerprint density at radius 2 is 0.525 bits per heavy atom. The zero-order valence-corrected chi connectivity index (χ0v) is 23.8. The van der Waals surface area contributed by atoms with Crippen LogP contribution in [0.3, 0.4) is 0 Å². The van der Waals surface area contributed by atoms with Crippen LogP contribution in [0, 0.1) is 0 Å². The second-order valence-electron chi connectivity index (χ2n) is 10.1. The number of rotatable bonds is 6. The lowest BCUT2D eigenvalue weighted by atomic mass is 10.2. The molecular weight excluding hydrogens is 526 g/mol. The summed E-state index contributed by atoms with van der Waals surface area (Å²) < 4.78 is 0. The second-order valence-corrected chi connectivity index (χ2v) is 14.8. The molecule has 7 rings (SSSR count).